The lowest BCUT2D eigenvalue weighted by Gasteiger charge is -2.31. The number of carbonyl (C=O) groups is 3. The van der Waals surface area contributed by atoms with E-state index in [9.17, 15) is 19.5 Å². The number of nitrogens with zero attached hydrogens (tertiary/aromatic N) is 1. The summed E-state index contributed by atoms with van der Waals surface area (Å²) in [6, 6.07) is -0.623. The maximum absolute atomic E-state index is 12.6. The van der Waals surface area contributed by atoms with Crippen LogP contribution in [-0.4, -0.2) is 80.6 Å². The topological polar surface area (TPSA) is 99.1 Å². The molecule has 0 aliphatic rings. The molecular formula is C39H66NO7+. The molecule has 8 nitrogen and oxygen atoms in total. The van der Waals surface area contributed by atoms with Crippen molar-refractivity contribution in [2.75, 3.05) is 41.0 Å². The molecular weight excluding hydrogens is 594 g/mol. The molecule has 0 saturated heterocycles. The van der Waals surface area contributed by atoms with Gasteiger partial charge in [0, 0.05) is 19.3 Å². The third-order valence-corrected chi connectivity index (χ3v) is 7.41. The summed E-state index contributed by atoms with van der Waals surface area (Å²) in [6.07, 6.45) is 34.2. The smallest absolute Gasteiger partial charge is 0.362 e. The first-order valence-electron chi connectivity index (χ1n) is 17.8. The third kappa shape index (κ3) is 28.9. The Kier molecular flexibility index (Phi) is 28.4. The largest absolute Gasteiger partial charge is 0.477 e. The fraction of sp³-hybridized carbons (Fsp3) is 0.667. The molecule has 268 valence electrons. The van der Waals surface area contributed by atoms with Gasteiger partial charge in [-0.05, 0) is 70.6 Å². The van der Waals surface area contributed by atoms with Crippen molar-refractivity contribution in [1.82, 2.24) is 0 Å². The fourth-order valence-corrected chi connectivity index (χ4v) is 4.67. The van der Waals surface area contributed by atoms with Crippen molar-refractivity contribution < 1.29 is 38.2 Å². The van der Waals surface area contributed by atoms with Crippen LogP contribution in [0.25, 0.3) is 0 Å². The summed E-state index contributed by atoms with van der Waals surface area (Å²) >= 11 is 0. The first-order valence-corrected chi connectivity index (χ1v) is 17.8. The number of quaternary nitrogens is 1. The van der Waals surface area contributed by atoms with Gasteiger partial charge in [0.1, 0.15) is 6.61 Å². The number of likely N-dealkylation sites (N-methyl/N-ethyl adjacent to an activating group) is 1. The highest BCUT2D eigenvalue weighted by atomic mass is 16.6. The maximum atomic E-state index is 12.6. The van der Waals surface area contributed by atoms with Gasteiger partial charge in [-0.25, -0.2) is 4.79 Å². The lowest BCUT2D eigenvalue weighted by molar-refractivity contribution is -0.887. The van der Waals surface area contributed by atoms with Gasteiger partial charge >= 0.3 is 17.9 Å². The lowest BCUT2D eigenvalue weighted by Crippen LogP contribution is -2.50. The molecule has 0 aromatic heterocycles. The van der Waals surface area contributed by atoms with Crippen LogP contribution in [0.5, 0.6) is 0 Å². The Morgan fingerprint density at radius 3 is 1.68 bits per heavy atom. The summed E-state index contributed by atoms with van der Waals surface area (Å²) in [6.45, 7) is 4.40. The quantitative estimate of drug-likeness (QED) is 0.0356. The monoisotopic (exact) mass is 660 g/mol. The van der Waals surface area contributed by atoms with Crippen molar-refractivity contribution in [3.8, 4) is 0 Å². The molecule has 0 aliphatic carbocycles. The van der Waals surface area contributed by atoms with E-state index in [0.717, 1.165) is 77.0 Å². The molecule has 0 fully saturated rings. The minimum atomic E-state index is -0.888. The first kappa shape index (κ1) is 44.0. The summed E-state index contributed by atoms with van der Waals surface area (Å²) in [5.41, 5.74) is 0. The second-order valence-electron chi connectivity index (χ2n) is 12.7. The minimum absolute atomic E-state index is 0.0374. The minimum Gasteiger partial charge on any atom is -0.477 e. The number of carbonyl (C=O) groups excluding carboxylic acids is 2. The summed E-state index contributed by atoms with van der Waals surface area (Å²) < 4.78 is 17.1. The molecule has 0 heterocycles. The number of aliphatic carboxylic acids is 1. The molecule has 8 heteroatoms. The van der Waals surface area contributed by atoms with Crippen LogP contribution < -0.4 is 0 Å². The Labute approximate surface area is 286 Å². The van der Waals surface area contributed by atoms with E-state index in [4.69, 9.17) is 14.2 Å². The molecule has 0 aliphatic heterocycles. The van der Waals surface area contributed by atoms with E-state index in [2.05, 4.69) is 74.6 Å². The van der Waals surface area contributed by atoms with Gasteiger partial charge in [0.2, 0.25) is 0 Å². The maximum Gasteiger partial charge on any atom is 0.362 e. The van der Waals surface area contributed by atoms with Crippen molar-refractivity contribution in [1.29, 1.82) is 0 Å². The number of rotatable bonds is 30. The zero-order chi connectivity index (χ0) is 35.0. The van der Waals surface area contributed by atoms with E-state index in [-0.39, 0.29) is 42.7 Å². The summed E-state index contributed by atoms with van der Waals surface area (Å²) in [7, 11) is 5.48. The number of carboxylic acids is 1. The second kappa shape index (κ2) is 30.4. The average molecular weight is 661 g/mol. The van der Waals surface area contributed by atoms with Crippen molar-refractivity contribution in [2.24, 2.45) is 0 Å². The lowest BCUT2D eigenvalue weighted by atomic mass is 10.1. The van der Waals surface area contributed by atoms with Crippen LogP contribution in [0.2, 0.25) is 0 Å². The van der Waals surface area contributed by atoms with Gasteiger partial charge in [0.15, 0.2) is 12.1 Å². The van der Waals surface area contributed by atoms with Crippen molar-refractivity contribution in [3.63, 3.8) is 0 Å². The molecule has 0 aromatic rings. The Bertz CT molecular complexity index is 959. The van der Waals surface area contributed by atoms with Crippen molar-refractivity contribution in [3.05, 3.63) is 60.8 Å². The Balaban J connectivity index is 4.51. The second-order valence-corrected chi connectivity index (χ2v) is 12.7. The molecule has 0 rings (SSSR count). The molecule has 2 unspecified atom stereocenters. The zero-order valence-corrected chi connectivity index (χ0v) is 30.2. The standard InChI is InChI=1S/C39H65NO7/c1-6-8-10-12-14-16-17-18-19-20-22-23-25-27-29-37(41)46-34-35(33-45-32-31-36(39(43)44)40(3,4)5)47-38(42)30-28-26-24-21-15-13-11-9-7-2/h8-11,14-16,18-19,21,35-36H,6-7,12-13,17,20,22-34H2,1-5H3/p+1/b10-8+,11-9+,16-14+,19-18+,21-15+. The highest BCUT2D eigenvalue weighted by molar-refractivity contribution is 5.72. The molecule has 2 atom stereocenters. The van der Waals surface area contributed by atoms with Crippen LogP contribution in [0.4, 0.5) is 0 Å². The molecule has 0 amide bonds. The molecule has 0 radical (unpaired) electrons. The van der Waals surface area contributed by atoms with Crippen LogP contribution >= 0.6 is 0 Å². The molecule has 0 saturated carbocycles. The normalized spacial score (nSPS) is 13.8. The number of hydrogen-bond acceptors (Lipinski definition) is 6. The van der Waals surface area contributed by atoms with Crippen molar-refractivity contribution in [2.45, 2.75) is 129 Å². The van der Waals surface area contributed by atoms with E-state index in [1.54, 1.807) is 0 Å². The van der Waals surface area contributed by atoms with E-state index in [1.807, 2.05) is 21.1 Å². The zero-order valence-electron chi connectivity index (χ0n) is 30.2. The Morgan fingerprint density at radius 2 is 1.13 bits per heavy atom. The number of esters is 2. The summed E-state index contributed by atoms with van der Waals surface area (Å²) in [4.78, 5) is 36.6. The predicted molar refractivity (Wildman–Crippen MR) is 192 cm³/mol. The Hall–Kier alpha value is -2.97. The molecule has 0 aromatic carbocycles. The van der Waals surface area contributed by atoms with Crippen LogP contribution in [0.15, 0.2) is 60.8 Å². The summed E-state index contributed by atoms with van der Waals surface area (Å²) in [5, 5.41) is 9.55. The Morgan fingerprint density at radius 1 is 0.638 bits per heavy atom. The highest BCUT2D eigenvalue weighted by Gasteiger charge is 2.31. The van der Waals surface area contributed by atoms with Gasteiger partial charge in [-0.1, -0.05) is 87.4 Å². The number of unbranched alkanes of at least 4 members (excludes halogenated alkanes) is 6. The van der Waals surface area contributed by atoms with Crippen molar-refractivity contribution >= 4 is 17.9 Å². The van der Waals surface area contributed by atoms with Crippen LogP contribution in [0.1, 0.15) is 117 Å². The van der Waals surface area contributed by atoms with Gasteiger partial charge in [-0.2, -0.15) is 0 Å². The van der Waals surface area contributed by atoms with Crippen LogP contribution in [0, 0.1) is 0 Å². The SMILES string of the molecule is CC/C=C/C/C=C/C/C=C/CCCCCCC(=O)OCC(COCCC(C(=O)O)[N+](C)(C)C)OC(=O)CCCC/C=C/C/C=C/CC. The van der Waals surface area contributed by atoms with Crippen LogP contribution in [0.3, 0.4) is 0 Å². The van der Waals surface area contributed by atoms with Gasteiger partial charge in [0.05, 0.1) is 34.4 Å². The summed E-state index contributed by atoms with van der Waals surface area (Å²) in [5.74, 6) is -1.56. The van der Waals surface area contributed by atoms with E-state index in [1.165, 1.54) is 0 Å². The average Bonchev–Trinajstić information content (AvgIpc) is 3.01. The van der Waals surface area contributed by atoms with Crippen LogP contribution in [-0.2, 0) is 28.6 Å². The molecule has 47 heavy (non-hydrogen) atoms. The predicted octanol–water partition coefficient (Wildman–Crippen LogP) is 8.68. The van der Waals surface area contributed by atoms with Gasteiger partial charge in [-0.3, -0.25) is 9.59 Å². The number of hydrogen-bond donors (Lipinski definition) is 1. The number of allylic oxidation sites excluding steroid dienone is 10. The molecule has 0 bridgehead atoms. The van der Waals surface area contributed by atoms with E-state index >= 15 is 0 Å². The highest BCUT2D eigenvalue weighted by Crippen LogP contribution is 2.11. The van der Waals surface area contributed by atoms with Gasteiger partial charge in [-0.15, -0.1) is 0 Å². The third-order valence-electron chi connectivity index (χ3n) is 7.41. The number of carboxylic acid groups (broad SMARTS) is 1. The molecule has 0 spiro atoms. The molecule has 1 N–H and O–H groups in total. The fourth-order valence-electron chi connectivity index (χ4n) is 4.67. The first-order chi connectivity index (χ1) is 22.6. The van der Waals surface area contributed by atoms with E-state index in [0.29, 0.717) is 19.3 Å². The van der Waals surface area contributed by atoms with Gasteiger partial charge < -0.3 is 23.8 Å². The number of ether oxygens (including phenoxy) is 3. The van der Waals surface area contributed by atoms with E-state index < -0.39 is 18.1 Å². The van der Waals surface area contributed by atoms with Gasteiger partial charge in [0.25, 0.3) is 0 Å².